The van der Waals surface area contributed by atoms with Crippen LogP contribution in [-0.4, -0.2) is 26.0 Å². The fourth-order valence-corrected chi connectivity index (χ4v) is 1.68. The maximum atomic E-state index is 10.6. The molecule has 108 valence electrons. The molecule has 0 saturated carbocycles. The first-order valence-corrected chi connectivity index (χ1v) is 6.28. The van der Waals surface area contributed by atoms with Crippen molar-refractivity contribution in [2.24, 2.45) is 10.8 Å². The standard InChI is InChI=1S/C12H12N6O2S/c1-8-9(6-14-15-12(13)21)7-17(16-8)10-2-4-11(5-3-10)18(19)20/h2-7H,1H3,(H3,13,15,21)/b14-6-. The average Bonchev–Trinajstić information content (AvgIpc) is 2.80. The molecule has 2 aromatic rings. The normalized spacial score (nSPS) is 10.7. The molecule has 1 aromatic heterocycles. The molecule has 0 bridgehead atoms. The summed E-state index contributed by atoms with van der Waals surface area (Å²) in [5, 5.41) is 18.9. The van der Waals surface area contributed by atoms with Crippen molar-refractivity contribution in [3.8, 4) is 5.69 Å². The topological polar surface area (TPSA) is 111 Å². The lowest BCUT2D eigenvalue weighted by Gasteiger charge is -1.99. The van der Waals surface area contributed by atoms with E-state index in [-0.39, 0.29) is 10.8 Å². The van der Waals surface area contributed by atoms with Gasteiger partial charge in [0.15, 0.2) is 5.11 Å². The van der Waals surface area contributed by atoms with Gasteiger partial charge in [0.05, 0.1) is 22.5 Å². The van der Waals surface area contributed by atoms with Crippen molar-refractivity contribution >= 4 is 29.2 Å². The van der Waals surface area contributed by atoms with Gasteiger partial charge in [-0.05, 0) is 31.3 Å². The van der Waals surface area contributed by atoms with E-state index in [1.165, 1.54) is 12.1 Å². The molecule has 21 heavy (non-hydrogen) atoms. The number of benzene rings is 1. The van der Waals surface area contributed by atoms with Crippen LogP contribution in [0, 0.1) is 17.0 Å². The number of rotatable bonds is 4. The second-order valence-electron chi connectivity index (χ2n) is 4.12. The van der Waals surface area contributed by atoms with Crippen LogP contribution in [-0.2, 0) is 0 Å². The summed E-state index contributed by atoms with van der Waals surface area (Å²) in [6.45, 7) is 1.82. The average molecular weight is 304 g/mol. The van der Waals surface area contributed by atoms with Crippen LogP contribution in [0.3, 0.4) is 0 Å². The Morgan fingerprint density at radius 3 is 2.76 bits per heavy atom. The number of non-ortho nitro benzene ring substituents is 1. The summed E-state index contributed by atoms with van der Waals surface area (Å²) in [6, 6.07) is 6.10. The van der Waals surface area contributed by atoms with E-state index in [1.807, 2.05) is 6.92 Å². The third-order valence-electron chi connectivity index (χ3n) is 2.64. The molecule has 8 nitrogen and oxygen atoms in total. The minimum absolute atomic E-state index is 0.0325. The Kier molecular flexibility index (Phi) is 4.24. The highest BCUT2D eigenvalue weighted by molar-refractivity contribution is 7.80. The molecule has 1 aromatic carbocycles. The molecule has 0 unspecified atom stereocenters. The van der Waals surface area contributed by atoms with Gasteiger partial charge in [0.2, 0.25) is 0 Å². The molecule has 0 saturated heterocycles. The molecular formula is C12H12N6O2S. The molecule has 0 spiro atoms. The van der Waals surface area contributed by atoms with E-state index in [4.69, 9.17) is 5.73 Å². The number of aryl methyl sites for hydroxylation is 1. The molecule has 2 rings (SSSR count). The van der Waals surface area contributed by atoms with Crippen LogP contribution >= 0.6 is 12.2 Å². The van der Waals surface area contributed by atoms with E-state index in [1.54, 1.807) is 29.2 Å². The molecule has 0 aliphatic carbocycles. The van der Waals surface area contributed by atoms with Gasteiger partial charge < -0.3 is 5.73 Å². The summed E-state index contributed by atoms with van der Waals surface area (Å²) >= 11 is 4.64. The summed E-state index contributed by atoms with van der Waals surface area (Å²) < 4.78 is 1.61. The number of hydrazone groups is 1. The van der Waals surface area contributed by atoms with Gasteiger partial charge in [-0.25, -0.2) is 4.68 Å². The van der Waals surface area contributed by atoms with Gasteiger partial charge in [0, 0.05) is 23.9 Å². The Bertz CT molecular complexity index is 707. The van der Waals surface area contributed by atoms with Crippen molar-refractivity contribution in [3.63, 3.8) is 0 Å². The number of nitro benzene ring substituents is 1. The third-order valence-corrected chi connectivity index (χ3v) is 2.73. The van der Waals surface area contributed by atoms with Crippen LogP contribution in [0.2, 0.25) is 0 Å². The monoisotopic (exact) mass is 304 g/mol. The maximum absolute atomic E-state index is 10.6. The lowest BCUT2D eigenvalue weighted by molar-refractivity contribution is -0.384. The quantitative estimate of drug-likeness (QED) is 0.380. The van der Waals surface area contributed by atoms with E-state index in [0.29, 0.717) is 5.69 Å². The third kappa shape index (κ3) is 3.60. The van der Waals surface area contributed by atoms with Crippen molar-refractivity contribution < 1.29 is 4.92 Å². The number of aromatic nitrogens is 2. The van der Waals surface area contributed by atoms with Crippen molar-refractivity contribution in [2.45, 2.75) is 6.92 Å². The van der Waals surface area contributed by atoms with Crippen molar-refractivity contribution in [1.29, 1.82) is 0 Å². The highest BCUT2D eigenvalue weighted by Crippen LogP contribution is 2.16. The number of nitrogens with one attached hydrogen (secondary N) is 1. The highest BCUT2D eigenvalue weighted by atomic mass is 32.1. The minimum atomic E-state index is -0.447. The van der Waals surface area contributed by atoms with Crippen molar-refractivity contribution in [3.05, 3.63) is 51.8 Å². The predicted octanol–water partition coefficient (Wildman–Crippen LogP) is 1.26. The van der Waals surface area contributed by atoms with Crippen LogP contribution < -0.4 is 11.2 Å². The van der Waals surface area contributed by atoms with E-state index in [0.717, 1.165) is 11.3 Å². The second-order valence-corrected chi connectivity index (χ2v) is 4.56. The Balaban J connectivity index is 2.23. The van der Waals surface area contributed by atoms with E-state index >= 15 is 0 Å². The number of thiocarbonyl (C=S) groups is 1. The summed E-state index contributed by atoms with van der Waals surface area (Å²) in [5.74, 6) is 0. The summed E-state index contributed by atoms with van der Waals surface area (Å²) in [7, 11) is 0. The summed E-state index contributed by atoms with van der Waals surface area (Å²) in [4.78, 5) is 10.2. The molecule has 0 radical (unpaired) electrons. The Morgan fingerprint density at radius 1 is 1.52 bits per heavy atom. The largest absolute Gasteiger partial charge is 0.375 e. The van der Waals surface area contributed by atoms with Gasteiger partial charge in [0.1, 0.15) is 0 Å². The Hall–Kier alpha value is -2.81. The smallest absolute Gasteiger partial charge is 0.269 e. The lowest BCUT2D eigenvalue weighted by Crippen LogP contribution is -2.24. The zero-order chi connectivity index (χ0) is 15.4. The first-order chi connectivity index (χ1) is 9.97. The van der Waals surface area contributed by atoms with Gasteiger partial charge >= 0.3 is 0 Å². The number of nitrogens with two attached hydrogens (primary N) is 1. The molecule has 9 heteroatoms. The van der Waals surface area contributed by atoms with Crippen molar-refractivity contribution in [2.75, 3.05) is 0 Å². The number of hydrogen-bond acceptors (Lipinski definition) is 5. The van der Waals surface area contributed by atoms with Gasteiger partial charge in [-0.1, -0.05) is 0 Å². The molecule has 3 N–H and O–H groups in total. The van der Waals surface area contributed by atoms with Gasteiger partial charge in [-0.2, -0.15) is 10.2 Å². The van der Waals surface area contributed by atoms with Crippen molar-refractivity contribution in [1.82, 2.24) is 15.2 Å². The SMILES string of the molecule is Cc1nn(-c2ccc([N+](=O)[O-])cc2)cc1/C=N\NC(N)=S. The molecule has 0 fully saturated rings. The van der Waals surface area contributed by atoms with E-state index in [9.17, 15) is 10.1 Å². The van der Waals surface area contributed by atoms with E-state index in [2.05, 4.69) is 27.8 Å². The predicted molar refractivity (Wildman–Crippen MR) is 82.5 cm³/mol. The molecule has 1 heterocycles. The highest BCUT2D eigenvalue weighted by Gasteiger charge is 2.07. The Morgan fingerprint density at radius 2 is 2.19 bits per heavy atom. The van der Waals surface area contributed by atoms with Crippen LogP contribution in [0.25, 0.3) is 5.69 Å². The van der Waals surface area contributed by atoms with Crippen LogP contribution in [0.1, 0.15) is 11.3 Å². The molecule has 0 amide bonds. The second kappa shape index (κ2) is 6.09. The van der Waals surface area contributed by atoms with Gasteiger partial charge in [-0.3, -0.25) is 15.5 Å². The molecular weight excluding hydrogens is 292 g/mol. The maximum Gasteiger partial charge on any atom is 0.269 e. The molecule has 0 aliphatic heterocycles. The molecule has 0 atom stereocenters. The lowest BCUT2D eigenvalue weighted by atomic mass is 10.3. The number of nitrogens with zero attached hydrogens (tertiary/aromatic N) is 4. The minimum Gasteiger partial charge on any atom is -0.375 e. The first kappa shape index (κ1) is 14.6. The molecule has 0 aliphatic rings. The van der Waals surface area contributed by atoms with Gasteiger partial charge in [-0.15, -0.1) is 0 Å². The first-order valence-electron chi connectivity index (χ1n) is 5.87. The van der Waals surface area contributed by atoms with E-state index < -0.39 is 4.92 Å². The van der Waals surface area contributed by atoms with Crippen LogP contribution in [0.5, 0.6) is 0 Å². The summed E-state index contributed by atoms with van der Waals surface area (Å²) in [5.41, 5.74) is 9.99. The Labute approximate surface area is 125 Å². The number of nitro groups is 1. The summed E-state index contributed by atoms with van der Waals surface area (Å²) in [6.07, 6.45) is 3.30. The fraction of sp³-hybridized carbons (Fsp3) is 0.0833. The zero-order valence-corrected chi connectivity index (χ0v) is 11.9. The van der Waals surface area contributed by atoms with Crippen LogP contribution in [0.4, 0.5) is 5.69 Å². The van der Waals surface area contributed by atoms with Gasteiger partial charge in [0.25, 0.3) is 5.69 Å². The zero-order valence-electron chi connectivity index (χ0n) is 11.1. The fourth-order valence-electron chi connectivity index (χ4n) is 1.62. The number of hydrogen-bond donors (Lipinski definition) is 2. The van der Waals surface area contributed by atoms with Crippen LogP contribution in [0.15, 0.2) is 35.6 Å².